The SMILES string of the molecule is CCC[C@]1(c2ccccc2)NC(=O)N(CC(=O)c2ccc(N3CCCC3=O)cc2)C1=O. The van der Waals surface area contributed by atoms with Gasteiger partial charge in [-0.1, -0.05) is 43.7 Å². The molecule has 2 aromatic carbocycles. The van der Waals surface area contributed by atoms with E-state index in [0.29, 0.717) is 36.9 Å². The molecule has 2 saturated heterocycles. The van der Waals surface area contributed by atoms with Gasteiger partial charge in [-0.05, 0) is 42.7 Å². The highest BCUT2D eigenvalue weighted by atomic mass is 16.2. The molecule has 2 aliphatic heterocycles. The zero-order valence-corrected chi connectivity index (χ0v) is 17.5. The molecular formula is C24H25N3O4. The zero-order chi connectivity index (χ0) is 22.0. The van der Waals surface area contributed by atoms with Crippen LogP contribution in [0.3, 0.4) is 0 Å². The Morgan fingerprint density at radius 2 is 1.74 bits per heavy atom. The average Bonchev–Trinajstić information content (AvgIpc) is 3.31. The van der Waals surface area contributed by atoms with Crippen molar-refractivity contribution in [3.8, 4) is 0 Å². The quantitative estimate of drug-likeness (QED) is 0.551. The molecule has 2 heterocycles. The first-order chi connectivity index (χ1) is 15.0. The highest BCUT2D eigenvalue weighted by Gasteiger charge is 2.52. The molecule has 0 spiro atoms. The van der Waals surface area contributed by atoms with Crippen molar-refractivity contribution in [3.05, 3.63) is 65.7 Å². The van der Waals surface area contributed by atoms with Crippen LogP contribution >= 0.6 is 0 Å². The van der Waals surface area contributed by atoms with Gasteiger partial charge in [-0.15, -0.1) is 0 Å². The summed E-state index contributed by atoms with van der Waals surface area (Å²) in [4.78, 5) is 53.4. The van der Waals surface area contributed by atoms with E-state index in [2.05, 4.69) is 5.32 Å². The number of rotatable bonds is 7. The Balaban J connectivity index is 1.52. The number of Topliss-reactive ketones (excluding diaryl/α,β-unsaturated/α-hetero) is 1. The Kier molecular flexibility index (Phi) is 5.59. The molecule has 0 radical (unpaired) electrons. The van der Waals surface area contributed by atoms with Crippen LogP contribution in [0.5, 0.6) is 0 Å². The number of amides is 4. The van der Waals surface area contributed by atoms with E-state index in [0.717, 1.165) is 17.0 Å². The van der Waals surface area contributed by atoms with E-state index in [4.69, 9.17) is 0 Å². The first-order valence-electron chi connectivity index (χ1n) is 10.6. The van der Waals surface area contributed by atoms with Crippen LogP contribution in [0.2, 0.25) is 0 Å². The topological polar surface area (TPSA) is 86.8 Å². The van der Waals surface area contributed by atoms with Gasteiger partial charge in [0, 0.05) is 24.2 Å². The highest BCUT2D eigenvalue weighted by Crippen LogP contribution is 2.33. The zero-order valence-electron chi connectivity index (χ0n) is 17.5. The molecule has 31 heavy (non-hydrogen) atoms. The van der Waals surface area contributed by atoms with Crippen molar-refractivity contribution in [3.63, 3.8) is 0 Å². The Morgan fingerprint density at radius 3 is 2.35 bits per heavy atom. The highest BCUT2D eigenvalue weighted by molar-refractivity contribution is 6.11. The maximum Gasteiger partial charge on any atom is 0.325 e. The van der Waals surface area contributed by atoms with Gasteiger partial charge < -0.3 is 10.2 Å². The number of ketones is 1. The van der Waals surface area contributed by atoms with Crippen LogP contribution in [-0.4, -0.2) is 41.6 Å². The molecule has 4 amide bonds. The monoisotopic (exact) mass is 419 g/mol. The summed E-state index contributed by atoms with van der Waals surface area (Å²) in [6.45, 7) is 2.29. The van der Waals surface area contributed by atoms with Crippen molar-refractivity contribution in [2.24, 2.45) is 0 Å². The normalized spacial score (nSPS) is 21.0. The van der Waals surface area contributed by atoms with Crippen molar-refractivity contribution >= 4 is 29.3 Å². The Bertz CT molecular complexity index is 1020. The number of nitrogens with zero attached hydrogens (tertiary/aromatic N) is 2. The predicted octanol–water partition coefficient (Wildman–Crippen LogP) is 3.24. The van der Waals surface area contributed by atoms with Crippen molar-refractivity contribution < 1.29 is 19.2 Å². The smallest absolute Gasteiger partial charge is 0.319 e. The molecule has 7 heteroatoms. The summed E-state index contributed by atoms with van der Waals surface area (Å²) in [7, 11) is 0. The number of hydrogen-bond acceptors (Lipinski definition) is 4. The molecule has 1 atom stereocenters. The van der Waals surface area contributed by atoms with Crippen LogP contribution in [0.1, 0.15) is 48.5 Å². The molecule has 1 N–H and O–H groups in total. The number of urea groups is 1. The number of hydrogen-bond donors (Lipinski definition) is 1. The molecule has 0 bridgehead atoms. The van der Waals surface area contributed by atoms with Gasteiger partial charge in [0.1, 0.15) is 5.54 Å². The average molecular weight is 419 g/mol. The summed E-state index contributed by atoms with van der Waals surface area (Å²) in [6.07, 6.45) is 2.50. The lowest BCUT2D eigenvalue weighted by Gasteiger charge is -2.26. The van der Waals surface area contributed by atoms with Gasteiger partial charge in [-0.25, -0.2) is 4.79 Å². The summed E-state index contributed by atoms with van der Waals surface area (Å²) >= 11 is 0. The minimum absolute atomic E-state index is 0.0755. The summed E-state index contributed by atoms with van der Waals surface area (Å²) < 4.78 is 0. The third kappa shape index (κ3) is 3.71. The van der Waals surface area contributed by atoms with Crippen molar-refractivity contribution in [2.75, 3.05) is 18.0 Å². The molecule has 2 fully saturated rings. The Labute approximate surface area is 181 Å². The van der Waals surface area contributed by atoms with E-state index < -0.39 is 17.5 Å². The summed E-state index contributed by atoms with van der Waals surface area (Å²) in [5.74, 6) is -0.659. The fraction of sp³-hybridized carbons (Fsp3) is 0.333. The fourth-order valence-electron chi connectivity index (χ4n) is 4.36. The number of anilines is 1. The molecule has 0 saturated carbocycles. The van der Waals surface area contributed by atoms with Crippen LogP contribution in [0, 0.1) is 0 Å². The maximum atomic E-state index is 13.3. The third-order valence-corrected chi connectivity index (χ3v) is 5.94. The molecule has 0 aromatic heterocycles. The molecule has 7 nitrogen and oxygen atoms in total. The summed E-state index contributed by atoms with van der Waals surface area (Å²) in [5.41, 5.74) is 0.710. The third-order valence-electron chi connectivity index (χ3n) is 5.94. The molecule has 0 unspecified atom stereocenters. The van der Waals surface area contributed by atoms with Crippen LogP contribution in [0.15, 0.2) is 54.6 Å². The lowest BCUT2D eigenvalue weighted by Crippen LogP contribution is -2.44. The molecule has 2 aliphatic rings. The lowest BCUT2D eigenvalue weighted by atomic mass is 9.85. The van der Waals surface area contributed by atoms with E-state index in [1.807, 2.05) is 37.3 Å². The minimum atomic E-state index is -1.15. The number of benzene rings is 2. The molecule has 0 aliphatic carbocycles. The molecule has 160 valence electrons. The lowest BCUT2D eigenvalue weighted by molar-refractivity contribution is -0.131. The molecular weight excluding hydrogens is 394 g/mol. The second-order valence-corrected chi connectivity index (χ2v) is 7.96. The van der Waals surface area contributed by atoms with Gasteiger partial charge >= 0.3 is 6.03 Å². The predicted molar refractivity (Wildman–Crippen MR) is 116 cm³/mol. The second kappa shape index (κ2) is 8.34. The molecule has 2 aromatic rings. The van der Waals surface area contributed by atoms with Gasteiger partial charge in [-0.3, -0.25) is 19.3 Å². The number of carbonyl (C=O) groups is 4. The Morgan fingerprint density at radius 1 is 1.03 bits per heavy atom. The maximum absolute atomic E-state index is 13.3. The molecule has 4 rings (SSSR count). The number of imide groups is 1. The van der Waals surface area contributed by atoms with Gasteiger partial charge in [0.05, 0.1) is 6.54 Å². The standard InChI is InChI=1S/C24H25N3O4/c1-2-14-24(18-7-4-3-5-8-18)22(30)27(23(31)25-24)16-20(28)17-10-12-19(13-11-17)26-15-6-9-21(26)29/h3-5,7-8,10-13H,2,6,9,14-16H2,1H3,(H,25,31)/t24-/m1/s1. The van der Waals surface area contributed by atoms with E-state index >= 15 is 0 Å². The van der Waals surface area contributed by atoms with Gasteiger partial charge in [0.2, 0.25) is 5.91 Å². The summed E-state index contributed by atoms with van der Waals surface area (Å²) in [5, 5.41) is 2.83. The van der Waals surface area contributed by atoms with E-state index in [1.165, 1.54) is 0 Å². The van der Waals surface area contributed by atoms with Crippen LogP contribution in [-0.2, 0) is 15.1 Å². The van der Waals surface area contributed by atoms with Gasteiger partial charge in [-0.2, -0.15) is 0 Å². The number of carbonyl (C=O) groups excluding carboxylic acids is 4. The number of nitrogens with one attached hydrogen (secondary N) is 1. The van der Waals surface area contributed by atoms with Crippen molar-refractivity contribution in [2.45, 2.75) is 38.1 Å². The Hall–Kier alpha value is -3.48. The van der Waals surface area contributed by atoms with E-state index in [9.17, 15) is 19.2 Å². The van der Waals surface area contributed by atoms with Crippen LogP contribution in [0.25, 0.3) is 0 Å². The summed E-state index contributed by atoms with van der Waals surface area (Å²) in [6, 6.07) is 15.3. The largest absolute Gasteiger partial charge is 0.325 e. The van der Waals surface area contributed by atoms with E-state index in [1.54, 1.807) is 29.2 Å². The second-order valence-electron chi connectivity index (χ2n) is 7.96. The van der Waals surface area contributed by atoms with Crippen molar-refractivity contribution in [1.29, 1.82) is 0 Å². The first kappa shape index (κ1) is 20.8. The van der Waals surface area contributed by atoms with Gasteiger partial charge in [0.15, 0.2) is 5.78 Å². The first-order valence-corrected chi connectivity index (χ1v) is 10.6. The fourth-order valence-corrected chi connectivity index (χ4v) is 4.36. The minimum Gasteiger partial charge on any atom is -0.319 e. The van der Waals surface area contributed by atoms with Crippen molar-refractivity contribution in [1.82, 2.24) is 10.2 Å². The van der Waals surface area contributed by atoms with Crippen LogP contribution in [0.4, 0.5) is 10.5 Å². The van der Waals surface area contributed by atoms with Gasteiger partial charge in [0.25, 0.3) is 5.91 Å². The van der Waals surface area contributed by atoms with E-state index in [-0.39, 0.29) is 18.2 Å². The van der Waals surface area contributed by atoms with Crippen LogP contribution < -0.4 is 10.2 Å².